The van der Waals surface area contributed by atoms with Crippen molar-refractivity contribution in [3.63, 3.8) is 0 Å². The van der Waals surface area contributed by atoms with Gasteiger partial charge in [0.1, 0.15) is 17.1 Å². The van der Waals surface area contributed by atoms with Crippen molar-refractivity contribution in [3.8, 4) is 0 Å². The minimum Gasteiger partial charge on any atom is -0.467 e. The van der Waals surface area contributed by atoms with Crippen molar-refractivity contribution < 1.29 is 9.21 Å². The van der Waals surface area contributed by atoms with Crippen molar-refractivity contribution >= 4 is 23.2 Å². The Morgan fingerprint density at radius 3 is 2.76 bits per heavy atom. The van der Waals surface area contributed by atoms with Gasteiger partial charge >= 0.3 is 6.03 Å². The van der Waals surface area contributed by atoms with Crippen molar-refractivity contribution in [2.45, 2.75) is 51.2 Å². The van der Waals surface area contributed by atoms with E-state index >= 15 is 0 Å². The molecule has 1 saturated heterocycles. The number of rotatable bonds is 2. The van der Waals surface area contributed by atoms with Crippen LogP contribution in [-0.2, 0) is 6.54 Å². The van der Waals surface area contributed by atoms with Gasteiger partial charge in [-0.2, -0.15) is 0 Å². The summed E-state index contributed by atoms with van der Waals surface area (Å²) in [5.41, 5.74) is 1.40. The van der Waals surface area contributed by atoms with Crippen molar-refractivity contribution in [1.29, 1.82) is 0 Å². The highest BCUT2D eigenvalue weighted by Crippen LogP contribution is 2.36. The molecule has 2 aliphatic heterocycles. The number of hydrogen-bond acceptors (Lipinski definition) is 4. The predicted octanol–water partition coefficient (Wildman–Crippen LogP) is 4.06. The van der Waals surface area contributed by atoms with Crippen LogP contribution in [0.2, 0.25) is 0 Å². The lowest BCUT2D eigenvalue weighted by Crippen LogP contribution is -2.63. The second-order valence-corrected chi connectivity index (χ2v) is 8.77. The fourth-order valence-corrected chi connectivity index (χ4v) is 3.95. The second-order valence-electron chi connectivity index (χ2n) is 8.77. The summed E-state index contributed by atoms with van der Waals surface area (Å²) in [5, 5.41) is 10.2. The van der Waals surface area contributed by atoms with Crippen LogP contribution in [0.4, 0.5) is 16.2 Å². The van der Waals surface area contributed by atoms with Gasteiger partial charge in [-0.15, -0.1) is 0 Å². The van der Waals surface area contributed by atoms with Crippen LogP contribution in [-0.4, -0.2) is 40.9 Å². The molecule has 7 nitrogen and oxygen atoms in total. The van der Waals surface area contributed by atoms with Gasteiger partial charge in [-0.25, -0.2) is 4.79 Å². The Morgan fingerprint density at radius 2 is 2.03 bits per heavy atom. The van der Waals surface area contributed by atoms with Crippen molar-refractivity contribution in [3.05, 3.63) is 48.4 Å². The van der Waals surface area contributed by atoms with Crippen molar-refractivity contribution in [1.82, 2.24) is 10.2 Å². The van der Waals surface area contributed by atoms with Gasteiger partial charge in [0, 0.05) is 6.54 Å². The van der Waals surface area contributed by atoms with Crippen LogP contribution in [0.15, 0.2) is 52.1 Å². The predicted molar refractivity (Wildman–Crippen MR) is 115 cm³/mol. The number of likely N-dealkylation sites (tertiary alicyclic amines) is 1. The molecule has 1 aromatic heterocycles. The Morgan fingerprint density at radius 1 is 1.24 bits per heavy atom. The Bertz CT molecular complexity index is 900. The number of carbonyl (C=O) groups excluding carboxylic acids is 1. The molecule has 4 rings (SSSR count). The Hall–Kier alpha value is -2.96. The SMILES string of the molecule is CC(C)(C)N=C1Nc2ccccc2N[C@]12CCCN(C(=O)NCc1ccco1)C2. The van der Waals surface area contributed by atoms with E-state index < -0.39 is 5.54 Å². The summed E-state index contributed by atoms with van der Waals surface area (Å²) >= 11 is 0. The highest BCUT2D eigenvalue weighted by molar-refractivity contribution is 6.10. The van der Waals surface area contributed by atoms with Gasteiger partial charge in [0.25, 0.3) is 0 Å². The van der Waals surface area contributed by atoms with Gasteiger partial charge in [0.2, 0.25) is 0 Å². The number of carbonyl (C=O) groups is 1. The van der Waals surface area contributed by atoms with Gasteiger partial charge in [-0.1, -0.05) is 12.1 Å². The van der Waals surface area contributed by atoms with E-state index in [4.69, 9.17) is 9.41 Å². The van der Waals surface area contributed by atoms with E-state index in [9.17, 15) is 4.79 Å². The normalized spacial score (nSPS) is 22.7. The zero-order chi connectivity index (χ0) is 20.5. The van der Waals surface area contributed by atoms with E-state index in [1.165, 1.54) is 0 Å². The summed E-state index contributed by atoms with van der Waals surface area (Å²) in [6, 6.07) is 11.7. The molecule has 1 atom stereocenters. The Kier molecular flexibility index (Phi) is 4.98. The number of fused-ring (bicyclic) bond motifs is 1. The first-order valence-corrected chi connectivity index (χ1v) is 10.1. The van der Waals surface area contributed by atoms with Crippen molar-refractivity contribution in [2.24, 2.45) is 4.99 Å². The van der Waals surface area contributed by atoms with E-state index in [0.717, 1.165) is 42.4 Å². The van der Waals surface area contributed by atoms with Crippen LogP contribution < -0.4 is 16.0 Å². The first kappa shape index (κ1) is 19.4. The molecule has 0 aliphatic carbocycles. The molecule has 7 heteroatoms. The molecule has 154 valence electrons. The molecule has 2 aromatic rings. The van der Waals surface area contributed by atoms with Gasteiger partial charge in [0.15, 0.2) is 0 Å². The Balaban J connectivity index is 1.58. The number of piperidine rings is 1. The minimum atomic E-state index is -0.429. The molecule has 1 spiro atoms. The summed E-state index contributed by atoms with van der Waals surface area (Å²) in [7, 11) is 0. The third-order valence-electron chi connectivity index (χ3n) is 5.23. The zero-order valence-corrected chi connectivity index (χ0v) is 17.3. The average molecular weight is 396 g/mol. The third kappa shape index (κ3) is 4.23. The number of hydrogen-bond donors (Lipinski definition) is 3. The number of furan rings is 1. The monoisotopic (exact) mass is 395 g/mol. The first-order valence-electron chi connectivity index (χ1n) is 10.1. The molecule has 1 fully saturated rings. The summed E-state index contributed by atoms with van der Waals surface area (Å²) in [6.45, 7) is 7.92. The fourth-order valence-electron chi connectivity index (χ4n) is 3.95. The summed E-state index contributed by atoms with van der Waals surface area (Å²) in [4.78, 5) is 19.7. The summed E-state index contributed by atoms with van der Waals surface area (Å²) in [6.07, 6.45) is 3.42. The van der Waals surface area contributed by atoms with Gasteiger partial charge in [-0.3, -0.25) is 4.99 Å². The third-order valence-corrected chi connectivity index (χ3v) is 5.23. The van der Waals surface area contributed by atoms with E-state index in [-0.39, 0.29) is 11.6 Å². The fraction of sp³-hybridized carbons (Fsp3) is 0.455. The van der Waals surface area contributed by atoms with E-state index in [1.54, 1.807) is 6.26 Å². The molecule has 3 N–H and O–H groups in total. The average Bonchev–Trinajstić information content (AvgIpc) is 3.19. The van der Waals surface area contributed by atoms with Crippen LogP contribution in [0.25, 0.3) is 0 Å². The van der Waals surface area contributed by atoms with Gasteiger partial charge < -0.3 is 25.3 Å². The van der Waals surface area contributed by atoms with Crippen LogP contribution >= 0.6 is 0 Å². The summed E-state index contributed by atoms with van der Waals surface area (Å²) < 4.78 is 5.32. The zero-order valence-electron chi connectivity index (χ0n) is 17.3. The molecule has 2 aliphatic rings. The van der Waals surface area contributed by atoms with Gasteiger partial charge in [-0.05, 0) is 57.9 Å². The van der Waals surface area contributed by atoms with E-state index in [1.807, 2.05) is 35.2 Å². The van der Waals surface area contributed by atoms with Crippen LogP contribution in [0.1, 0.15) is 39.4 Å². The number of aliphatic imine (C=N–C) groups is 1. The lowest BCUT2D eigenvalue weighted by atomic mass is 9.85. The number of benzene rings is 1. The first-order chi connectivity index (χ1) is 13.8. The Labute approximate surface area is 171 Å². The molecule has 3 heterocycles. The van der Waals surface area contributed by atoms with Crippen LogP contribution in [0.3, 0.4) is 0 Å². The lowest BCUT2D eigenvalue weighted by Gasteiger charge is -2.47. The summed E-state index contributed by atoms with van der Waals surface area (Å²) in [5.74, 6) is 1.64. The highest BCUT2D eigenvalue weighted by atomic mass is 16.3. The largest absolute Gasteiger partial charge is 0.467 e. The molecule has 0 saturated carbocycles. The number of urea groups is 1. The topological polar surface area (TPSA) is 81.9 Å². The number of nitrogens with one attached hydrogen (secondary N) is 3. The number of para-hydroxylation sites is 2. The highest BCUT2D eigenvalue weighted by Gasteiger charge is 2.45. The maximum Gasteiger partial charge on any atom is 0.317 e. The molecule has 2 amide bonds. The smallest absolute Gasteiger partial charge is 0.317 e. The van der Waals surface area contributed by atoms with Crippen LogP contribution in [0, 0.1) is 0 Å². The van der Waals surface area contributed by atoms with E-state index in [2.05, 4.69) is 42.8 Å². The molecule has 0 unspecified atom stereocenters. The molecule has 0 radical (unpaired) electrons. The maximum absolute atomic E-state index is 12.8. The lowest BCUT2D eigenvalue weighted by molar-refractivity contribution is 0.173. The number of amides is 2. The molecule has 29 heavy (non-hydrogen) atoms. The molecular weight excluding hydrogens is 366 g/mol. The molecular formula is C22H29N5O2. The number of nitrogens with zero attached hydrogens (tertiary/aromatic N) is 2. The van der Waals surface area contributed by atoms with Crippen LogP contribution in [0.5, 0.6) is 0 Å². The number of amidine groups is 1. The number of anilines is 2. The van der Waals surface area contributed by atoms with Crippen molar-refractivity contribution in [2.75, 3.05) is 23.7 Å². The standard InChI is InChI=1S/C22H29N5O2/c1-21(2,3)26-19-22(25-18-10-5-4-9-17(18)24-19)11-7-12-27(15-22)20(28)23-14-16-8-6-13-29-16/h4-6,8-10,13,25H,7,11-12,14-15H2,1-3H3,(H,23,28)(H,24,26)/t22-/m0/s1. The second kappa shape index (κ2) is 7.46. The maximum atomic E-state index is 12.8. The quantitative estimate of drug-likeness (QED) is 0.716. The molecule has 0 bridgehead atoms. The van der Waals surface area contributed by atoms with E-state index in [0.29, 0.717) is 13.1 Å². The minimum absolute atomic E-state index is 0.0868. The molecule has 1 aromatic carbocycles. The van der Waals surface area contributed by atoms with Gasteiger partial charge in [0.05, 0.1) is 36.3 Å².